The second-order valence-electron chi connectivity index (χ2n) is 3.71. The number of ether oxygens (including phenoxy) is 3. The summed E-state index contributed by atoms with van der Waals surface area (Å²) in [6.07, 6.45) is -5.25. The molecule has 1 N–H and O–H groups in total. The van der Waals surface area contributed by atoms with Gasteiger partial charge in [-0.15, -0.1) is 0 Å². The molecule has 16 heavy (non-hydrogen) atoms. The molecule has 0 spiro atoms. The van der Waals surface area contributed by atoms with Crippen molar-refractivity contribution in [3.63, 3.8) is 0 Å². The quantitative estimate of drug-likeness (QED) is 0.404. The maximum atomic E-state index is 13.6. The maximum absolute atomic E-state index is 13.6. The summed E-state index contributed by atoms with van der Waals surface area (Å²) in [5.74, 6) is 0. The van der Waals surface area contributed by atoms with E-state index in [0.717, 1.165) is 0 Å². The first-order valence-corrected chi connectivity index (χ1v) is 4.92. The van der Waals surface area contributed by atoms with Crippen LogP contribution in [0.5, 0.6) is 0 Å². The molecule has 2 aliphatic rings. The van der Waals surface area contributed by atoms with Crippen molar-refractivity contribution in [2.75, 3.05) is 6.61 Å². The van der Waals surface area contributed by atoms with Crippen molar-refractivity contribution in [1.29, 1.82) is 0 Å². The summed E-state index contributed by atoms with van der Waals surface area (Å²) in [4.78, 5) is 2.56. The van der Waals surface area contributed by atoms with Crippen molar-refractivity contribution < 1.29 is 23.7 Å². The molecule has 0 aliphatic carbocycles. The molecule has 2 heterocycles. The fraction of sp³-hybridized carbons (Fsp3) is 1.00. The normalized spacial score (nSPS) is 47.9. The third-order valence-corrected chi connectivity index (χ3v) is 2.64. The lowest BCUT2D eigenvalue weighted by atomic mass is 9.97. The number of aliphatic hydroxyl groups is 1. The van der Waals surface area contributed by atoms with Crippen molar-refractivity contribution in [3.05, 3.63) is 10.4 Å². The molecule has 0 aromatic rings. The van der Waals surface area contributed by atoms with Gasteiger partial charge in [0.1, 0.15) is 18.2 Å². The van der Waals surface area contributed by atoms with Gasteiger partial charge in [-0.3, -0.25) is 0 Å². The van der Waals surface area contributed by atoms with E-state index in [1.807, 2.05) is 0 Å². The number of halogens is 1. The Morgan fingerprint density at radius 1 is 1.50 bits per heavy atom. The van der Waals surface area contributed by atoms with Crippen molar-refractivity contribution in [2.45, 2.75) is 43.9 Å². The summed E-state index contributed by atoms with van der Waals surface area (Å²) >= 11 is 0. The maximum Gasteiger partial charge on any atom is 0.187 e. The third kappa shape index (κ3) is 1.98. The van der Waals surface area contributed by atoms with Crippen LogP contribution in [-0.4, -0.2) is 48.7 Å². The van der Waals surface area contributed by atoms with Gasteiger partial charge >= 0.3 is 0 Å². The lowest BCUT2D eigenvalue weighted by molar-refractivity contribution is -0.320. The van der Waals surface area contributed by atoms with E-state index in [1.54, 1.807) is 6.92 Å². The highest BCUT2D eigenvalue weighted by Crippen LogP contribution is 2.30. The zero-order valence-electron chi connectivity index (χ0n) is 8.56. The van der Waals surface area contributed by atoms with Gasteiger partial charge in [0.15, 0.2) is 18.8 Å². The molecule has 8 heteroatoms. The van der Waals surface area contributed by atoms with E-state index in [0.29, 0.717) is 0 Å². The van der Waals surface area contributed by atoms with E-state index < -0.39 is 37.0 Å². The largest absolute Gasteiger partial charge is 0.366 e. The van der Waals surface area contributed by atoms with Crippen LogP contribution in [0.3, 0.4) is 0 Å². The van der Waals surface area contributed by atoms with Crippen LogP contribution in [0.4, 0.5) is 4.39 Å². The highest BCUT2D eigenvalue weighted by Gasteiger charge is 2.48. The van der Waals surface area contributed by atoms with Crippen molar-refractivity contribution >= 4 is 0 Å². The topological polar surface area (TPSA) is 96.7 Å². The van der Waals surface area contributed by atoms with Crippen molar-refractivity contribution in [3.8, 4) is 0 Å². The number of alkyl halides is 1. The Morgan fingerprint density at radius 3 is 2.94 bits per heavy atom. The zero-order chi connectivity index (χ0) is 11.7. The molecule has 7 nitrogen and oxygen atoms in total. The molecule has 90 valence electrons. The molecular formula is C8H12FN3O4. The van der Waals surface area contributed by atoms with Gasteiger partial charge in [-0.25, -0.2) is 4.39 Å². The van der Waals surface area contributed by atoms with Crippen LogP contribution in [0.2, 0.25) is 0 Å². The zero-order valence-corrected chi connectivity index (χ0v) is 8.56. The van der Waals surface area contributed by atoms with Gasteiger partial charge in [0.2, 0.25) is 0 Å². The second kappa shape index (κ2) is 4.52. The Labute approximate surface area is 90.7 Å². The van der Waals surface area contributed by atoms with Crippen LogP contribution in [0.1, 0.15) is 6.92 Å². The minimum absolute atomic E-state index is 0.174. The molecule has 0 radical (unpaired) electrons. The van der Waals surface area contributed by atoms with Crippen molar-refractivity contribution in [1.82, 2.24) is 0 Å². The predicted octanol–water partition coefficient (Wildman–Crippen LogP) is 0.482. The number of hydrogen-bond acceptors (Lipinski definition) is 5. The molecule has 6 atom stereocenters. The summed E-state index contributed by atoms with van der Waals surface area (Å²) in [7, 11) is 0. The predicted molar refractivity (Wildman–Crippen MR) is 49.0 cm³/mol. The fourth-order valence-corrected chi connectivity index (χ4v) is 1.88. The van der Waals surface area contributed by atoms with Crippen LogP contribution in [0.15, 0.2) is 5.11 Å². The van der Waals surface area contributed by atoms with Gasteiger partial charge in [-0.05, 0) is 12.5 Å². The Hall–Kier alpha value is -0.920. The minimum atomic E-state index is -1.79. The van der Waals surface area contributed by atoms with E-state index in [1.165, 1.54) is 0 Å². The summed E-state index contributed by atoms with van der Waals surface area (Å²) in [6, 6.07) is -1.09. The number of aliphatic hydroxyl groups excluding tert-OH is 1. The van der Waals surface area contributed by atoms with Gasteiger partial charge in [-0.1, -0.05) is 5.11 Å². The van der Waals surface area contributed by atoms with E-state index >= 15 is 0 Å². The Balaban J connectivity index is 2.19. The number of fused-ring (bicyclic) bond motifs is 1. The number of hydrogen-bond donors (Lipinski definition) is 1. The number of rotatable bonds is 1. The highest BCUT2D eigenvalue weighted by atomic mass is 19.1. The smallest absolute Gasteiger partial charge is 0.187 e. The summed E-state index contributed by atoms with van der Waals surface area (Å²) in [6.45, 7) is 1.83. The Kier molecular flexibility index (Phi) is 3.27. The number of nitrogens with zero attached hydrogens (tertiary/aromatic N) is 3. The molecule has 1 unspecified atom stereocenters. The standard InChI is InChI=1S/C8H12FN3O4/c1-3-14-2-4-7(15-3)6(11-12-10)5(9)8(13)16-4/h3-8,13H,2H2,1H3/t3?,4-,5+,6+,7-,8+/m1/s1. The molecule has 0 aromatic heterocycles. The second-order valence-corrected chi connectivity index (χ2v) is 3.71. The van der Waals surface area contributed by atoms with E-state index in [2.05, 4.69) is 10.0 Å². The molecule has 2 saturated heterocycles. The van der Waals surface area contributed by atoms with Crippen LogP contribution < -0.4 is 0 Å². The van der Waals surface area contributed by atoms with Crippen molar-refractivity contribution in [2.24, 2.45) is 5.11 Å². The average Bonchev–Trinajstić information content (AvgIpc) is 2.26. The lowest BCUT2D eigenvalue weighted by Crippen LogP contribution is -2.60. The minimum Gasteiger partial charge on any atom is -0.366 e. The molecule has 0 bridgehead atoms. The molecular weight excluding hydrogens is 221 g/mol. The first-order chi connectivity index (χ1) is 7.63. The van der Waals surface area contributed by atoms with E-state index in [-0.39, 0.29) is 6.61 Å². The number of azide groups is 1. The van der Waals surface area contributed by atoms with Crippen LogP contribution in [-0.2, 0) is 14.2 Å². The van der Waals surface area contributed by atoms with Gasteiger partial charge in [0.05, 0.1) is 6.61 Å². The van der Waals surface area contributed by atoms with Gasteiger partial charge in [0.25, 0.3) is 0 Å². The SMILES string of the molecule is CC1OC[C@H]2O[C@H](O)[C@@H](F)[C@H](N=[N+]=[N-])[C@@H]2O1. The summed E-state index contributed by atoms with van der Waals surface area (Å²) in [5.41, 5.74) is 8.36. The molecule has 0 saturated carbocycles. The first-order valence-electron chi connectivity index (χ1n) is 4.92. The van der Waals surface area contributed by atoms with Crippen LogP contribution >= 0.6 is 0 Å². The van der Waals surface area contributed by atoms with E-state index in [9.17, 15) is 9.50 Å². The average molecular weight is 233 g/mol. The lowest BCUT2D eigenvalue weighted by Gasteiger charge is -2.44. The molecule has 2 fully saturated rings. The molecule has 0 aromatic carbocycles. The third-order valence-electron chi connectivity index (χ3n) is 2.64. The van der Waals surface area contributed by atoms with Gasteiger partial charge in [-0.2, -0.15) is 0 Å². The monoisotopic (exact) mass is 233 g/mol. The van der Waals surface area contributed by atoms with Crippen LogP contribution in [0, 0.1) is 0 Å². The van der Waals surface area contributed by atoms with Gasteiger partial charge in [0, 0.05) is 4.91 Å². The molecule has 2 rings (SSSR count). The summed E-state index contributed by atoms with van der Waals surface area (Å²) < 4.78 is 29.0. The van der Waals surface area contributed by atoms with Gasteiger partial charge < -0.3 is 19.3 Å². The molecule has 2 aliphatic heterocycles. The molecule has 0 amide bonds. The Bertz CT molecular complexity index is 312. The Morgan fingerprint density at radius 2 is 2.25 bits per heavy atom. The fourth-order valence-electron chi connectivity index (χ4n) is 1.88. The highest BCUT2D eigenvalue weighted by molar-refractivity contribution is 4.96. The first kappa shape index (κ1) is 11.6. The van der Waals surface area contributed by atoms with Crippen LogP contribution in [0.25, 0.3) is 10.4 Å². The summed E-state index contributed by atoms with van der Waals surface area (Å²) in [5, 5.41) is 12.6. The van der Waals surface area contributed by atoms with E-state index in [4.69, 9.17) is 19.7 Å².